The minimum absolute atomic E-state index is 0.174. The van der Waals surface area contributed by atoms with Crippen LogP contribution in [0, 0.1) is 11.7 Å². The van der Waals surface area contributed by atoms with Gasteiger partial charge in [0.25, 0.3) is 0 Å². The van der Waals surface area contributed by atoms with Crippen LogP contribution >= 0.6 is 0 Å². The molecule has 0 aliphatic heterocycles. The zero-order valence-corrected chi connectivity index (χ0v) is 11.9. The van der Waals surface area contributed by atoms with Gasteiger partial charge in [0.1, 0.15) is 5.82 Å². The summed E-state index contributed by atoms with van der Waals surface area (Å²) in [6.07, 6.45) is 4.77. The normalized spacial score (nSPS) is 25.2. The van der Waals surface area contributed by atoms with E-state index in [1.165, 1.54) is 18.9 Å². The molecule has 0 aromatic heterocycles. The number of halogens is 1. The van der Waals surface area contributed by atoms with Gasteiger partial charge >= 0.3 is 0 Å². The van der Waals surface area contributed by atoms with Gasteiger partial charge in [0.2, 0.25) is 0 Å². The fourth-order valence-electron chi connectivity index (χ4n) is 2.89. The molecule has 1 N–H and O–H groups in total. The molecule has 3 heteroatoms. The van der Waals surface area contributed by atoms with Crippen LogP contribution in [0.4, 0.5) is 4.39 Å². The van der Waals surface area contributed by atoms with Gasteiger partial charge in [-0.1, -0.05) is 38.0 Å². The summed E-state index contributed by atoms with van der Waals surface area (Å²) in [6, 6.07) is 6.92. The lowest BCUT2D eigenvalue weighted by atomic mass is 9.88. The quantitative estimate of drug-likeness (QED) is 0.877. The first-order valence-corrected chi connectivity index (χ1v) is 7.25. The first kappa shape index (κ1) is 14.5. The molecule has 2 nitrogen and oxygen atoms in total. The van der Waals surface area contributed by atoms with Crippen molar-refractivity contribution in [3.8, 4) is 0 Å². The summed E-state index contributed by atoms with van der Waals surface area (Å²) in [7, 11) is 1.88. The summed E-state index contributed by atoms with van der Waals surface area (Å²) >= 11 is 0. The Bertz CT molecular complexity index is 396. The van der Waals surface area contributed by atoms with Gasteiger partial charge < -0.3 is 10.1 Å². The molecule has 1 aliphatic carbocycles. The van der Waals surface area contributed by atoms with Gasteiger partial charge in [-0.25, -0.2) is 4.39 Å². The van der Waals surface area contributed by atoms with Crippen LogP contribution in [0.2, 0.25) is 0 Å². The fraction of sp³-hybridized carbons (Fsp3) is 0.625. The van der Waals surface area contributed by atoms with Crippen LogP contribution in [-0.2, 0) is 4.74 Å². The molecule has 1 fully saturated rings. The van der Waals surface area contributed by atoms with Crippen molar-refractivity contribution in [1.82, 2.24) is 5.32 Å². The van der Waals surface area contributed by atoms with E-state index in [-0.39, 0.29) is 18.0 Å². The van der Waals surface area contributed by atoms with Crippen molar-refractivity contribution in [3.63, 3.8) is 0 Å². The molecule has 3 unspecified atom stereocenters. The molecule has 2 rings (SSSR count). The molecule has 19 heavy (non-hydrogen) atoms. The van der Waals surface area contributed by atoms with E-state index in [2.05, 4.69) is 12.2 Å². The molecule has 3 atom stereocenters. The third kappa shape index (κ3) is 4.02. The Morgan fingerprint density at radius 1 is 1.37 bits per heavy atom. The predicted molar refractivity (Wildman–Crippen MR) is 75.6 cm³/mol. The lowest BCUT2D eigenvalue weighted by molar-refractivity contribution is -0.0401. The summed E-state index contributed by atoms with van der Waals surface area (Å²) < 4.78 is 20.1. The molecule has 1 aromatic carbocycles. The summed E-state index contributed by atoms with van der Waals surface area (Å²) in [4.78, 5) is 0. The van der Waals surface area contributed by atoms with Crippen LogP contribution in [0.25, 0.3) is 0 Å². The molecule has 1 saturated carbocycles. The van der Waals surface area contributed by atoms with Gasteiger partial charge in [-0.3, -0.25) is 0 Å². The summed E-state index contributed by atoms with van der Waals surface area (Å²) in [6.45, 7) is 2.91. The molecule has 0 bridgehead atoms. The minimum Gasteiger partial charge on any atom is -0.369 e. The Labute approximate surface area is 115 Å². The van der Waals surface area contributed by atoms with Crippen LogP contribution in [0.5, 0.6) is 0 Å². The molecular formula is C16H24FNO. The minimum atomic E-state index is -0.193. The van der Waals surface area contributed by atoms with Gasteiger partial charge in [-0.05, 0) is 31.9 Å². The highest BCUT2D eigenvalue weighted by molar-refractivity contribution is 5.20. The maximum atomic E-state index is 13.9. The largest absolute Gasteiger partial charge is 0.369 e. The molecule has 0 amide bonds. The average Bonchev–Trinajstić information content (AvgIpc) is 2.39. The van der Waals surface area contributed by atoms with Crippen LogP contribution in [0.1, 0.15) is 44.3 Å². The number of benzene rings is 1. The van der Waals surface area contributed by atoms with Gasteiger partial charge in [0.15, 0.2) is 0 Å². The Morgan fingerprint density at radius 2 is 2.16 bits per heavy atom. The van der Waals surface area contributed by atoms with E-state index in [1.54, 1.807) is 6.07 Å². The Hall–Kier alpha value is -0.930. The third-order valence-corrected chi connectivity index (χ3v) is 3.89. The second-order valence-electron chi connectivity index (χ2n) is 5.60. The highest BCUT2D eigenvalue weighted by Gasteiger charge is 2.24. The SMILES string of the molecule is CNCC(OC1CCCC(C)C1)c1ccccc1F. The van der Waals surface area contributed by atoms with Gasteiger partial charge in [-0.15, -0.1) is 0 Å². The average molecular weight is 265 g/mol. The zero-order chi connectivity index (χ0) is 13.7. The first-order valence-electron chi connectivity index (χ1n) is 7.25. The van der Waals surface area contributed by atoms with E-state index < -0.39 is 0 Å². The number of hydrogen-bond donors (Lipinski definition) is 1. The smallest absolute Gasteiger partial charge is 0.129 e. The molecule has 0 radical (unpaired) electrons. The Morgan fingerprint density at radius 3 is 2.84 bits per heavy atom. The fourth-order valence-corrected chi connectivity index (χ4v) is 2.89. The number of rotatable bonds is 5. The molecular weight excluding hydrogens is 241 g/mol. The highest BCUT2D eigenvalue weighted by Crippen LogP contribution is 2.30. The molecule has 0 saturated heterocycles. The second kappa shape index (κ2) is 7.01. The Kier molecular flexibility index (Phi) is 5.34. The van der Waals surface area contributed by atoms with E-state index in [0.29, 0.717) is 12.1 Å². The van der Waals surface area contributed by atoms with Crippen LogP contribution < -0.4 is 5.32 Å². The summed E-state index contributed by atoms with van der Waals surface area (Å²) in [5, 5.41) is 3.10. The molecule has 106 valence electrons. The molecule has 0 heterocycles. The number of nitrogens with one attached hydrogen (secondary N) is 1. The standard InChI is InChI=1S/C16H24FNO/c1-12-6-5-7-13(10-12)19-16(11-18-2)14-8-3-4-9-15(14)17/h3-4,8-9,12-13,16,18H,5-7,10-11H2,1-2H3. The van der Waals surface area contributed by atoms with E-state index in [4.69, 9.17) is 4.74 Å². The number of likely N-dealkylation sites (N-methyl/N-ethyl adjacent to an activating group) is 1. The van der Waals surface area contributed by atoms with Crippen LogP contribution in [-0.4, -0.2) is 19.7 Å². The summed E-state index contributed by atoms with van der Waals surface area (Å²) in [5.41, 5.74) is 0.662. The topological polar surface area (TPSA) is 21.3 Å². The van der Waals surface area contributed by atoms with Crippen molar-refractivity contribution in [2.45, 2.75) is 44.8 Å². The van der Waals surface area contributed by atoms with Crippen molar-refractivity contribution in [1.29, 1.82) is 0 Å². The van der Waals surface area contributed by atoms with E-state index >= 15 is 0 Å². The van der Waals surface area contributed by atoms with Crippen molar-refractivity contribution in [2.24, 2.45) is 5.92 Å². The van der Waals surface area contributed by atoms with Crippen molar-refractivity contribution < 1.29 is 9.13 Å². The molecule has 1 aliphatic rings. The highest BCUT2D eigenvalue weighted by atomic mass is 19.1. The number of hydrogen-bond acceptors (Lipinski definition) is 2. The predicted octanol–water partition coefficient (Wildman–Crippen LogP) is 3.68. The molecule has 0 spiro atoms. The summed E-state index contributed by atoms with van der Waals surface area (Å²) in [5.74, 6) is 0.543. The maximum absolute atomic E-state index is 13.9. The first-order chi connectivity index (χ1) is 9.20. The van der Waals surface area contributed by atoms with Crippen LogP contribution in [0.15, 0.2) is 24.3 Å². The van der Waals surface area contributed by atoms with Crippen molar-refractivity contribution in [2.75, 3.05) is 13.6 Å². The van der Waals surface area contributed by atoms with E-state index in [1.807, 2.05) is 19.2 Å². The third-order valence-electron chi connectivity index (χ3n) is 3.89. The van der Waals surface area contributed by atoms with Crippen LogP contribution in [0.3, 0.4) is 0 Å². The van der Waals surface area contributed by atoms with Gasteiger partial charge in [-0.2, -0.15) is 0 Å². The number of ether oxygens (including phenoxy) is 1. The molecule has 1 aromatic rings. The van der Waals surface area contributed by atoms with Crippen molar-refractivity contribution in [3.05, 3.63) is 35.6 Å². The van der Waals surface area contributed by atoms with Gasteiger partial charge in [0, 0.05) is 12.1 Å². The van der Waals surface area contributed by atoms with Gasteiger partial charge in [0.05, 0.1) is 12.2 Å². The monoisotopic (exact) mass is 265 g/mol. The second-order valence-corrected chi connectivity index (χ2v) is 5.60. The zero-order valence-electron chi connectivity index (χ0n) is 11.9. The lowest BCUT2D eigenvalue weighted by Crippen LogP contribution is -2.28. The Balaban J connectivity index is 2.05. The van der Waals surface area contributed by atoms with Crippen molar-refractivity contribution >= 4 is 0 Å². The lowest BCUT2D eigenvalue weighted by Gasteiger charge is -2.31. The van der Waals surface area contributed by atoms with E-state index in [0.717, 1.165) is 18.8 Å². The maximum Gasteiger partial charge on any atom is 0.129 e. The van der Waals surface area contributed by atoms with E-state index in [9.17, 15) is 4.39 Å².